The first-order valence-corrected chi connectivity index (χ1v) is 3.63. The van der Waals surface area contributed by atoms with E-state index >= 15 is 0 Å². The minimum atomic E-state index is -0.504. The Balaban J connectivity index is 2.93. The maximum atomic E-state index is 10.3. The Morgan fingerprint density at radius 2 is 2.38 bits per heavy atom. The predicted octanol–water partition coefficient (Wildman–Crippen LogP) is 1.18. The van der Waals surface area contributed by atoms with E-state index in [0.29, 0.717) is 5.69 Å². The van der Waals surface area contributed by atoms with Gasteiger partial charge in [0.05, 0.1) is 16.7 Å². The highest BCUT2D eigenvalue weighted by Gasteiger charge is 2.07. The van der Waals surface area contributed by atoms with Gasteiger partial charge in [-0.15, -0.1) is 6.58 Å². The van der Waals surface area contributed by atoms with Crippen LogP contribution in [0.4, 0.5) is 5.69 Å². The summed E-state index contributed by atoms with van der Waals surface area (Å²) in [5.41, 5.74) is 6.10. The van der Waals surface area contributed by atoms with E-state index in [0.717, 1.165) is 0 Å². The summed E-state index contributed by atoms with van der Waals surface area (Å²) in [6.45, 7) is 3.50. The standard InChI is InChI=1S/C8H9N3O2/c1-2-7(9)8-4-3-6(5-10-8)11(12)13/h2-5,7H,1,9H2/t7-/m1/s1. The van der Waals surface area contributed by atoms with Crippen molar-refractivity contribution in [1.29, 1.82) is 0 Å². The minimum Gasteiger partial charge on any atom is -0.319 e. The fourth-order valence-electron chi connectivity index (χ4n) is 0.823. The monoisotopic (exact) mass is 179 g/mol. The third kappa shape index (κ3) is 2.09. The maximum absolute atomic E-state index is 10.3. The molecular formula is C8H9N3O2. The summed E-state index contributed by atoms with van der Waals surface area (Å²) >= 11 is 0. The number of nitrogens with two attached hydrogens (primary N) is 1. The van der Waals surface area contributed by atoms with Crippen LogP contribution in [0.1, 0.15) is 11.7 Å². The topological polar surface area (TPSA) is 82.0 Å². The van der Waals surface area contributed by atoms with Gasteiger partial charge in [0, 0.05) is 6.07 Å². The van der Waals surface area contributed by atoms with E-state index in [1.807, 2.05) is 0 Å². The molecule has 5 heteroatoms. The van der Waals surface area contributed by atoms with E-state index in [1.54, 1.807) is 0 Å². The molecule has 1 rings (SSSR count). The van der Waals surface area contributed by atoms with Gasteiger partial charge in [0.2, 0.25) is 0 Å². The van der Waals surface area contributed by atoms with Crippen molar-refractivity contribution in [2.45, 2.75) is 6.04 Å². The summed E-state index contributed by atoms with van der Waals surface area (Å²) in [6.07, 6.45) is 2.70. The van der Waals surface area contributed by atoms with Crippen LogP contribution < -0.4 is 5.73 Å². The molecule has 0 amide bonds. The van der Waals surface area contributed by atoms with Crippen LogP contribution in [0.5, 0.6) is 0 Å². The zero-order valence-electron chi connectivity index (χ0n) is 6.88. The van der Waals surface area contributed by atoms with Gasteiger partial charge >= 0.3 is 0 Å². The van der Waals surface area contributed by atoms with E-state index in [9.17, 15) is 10.1 Å². The summed E-state index contributed by atoms with van der Waals surface area (Å²) in [5, 5.41) is 10.3. The average molecular weight is 179 g/mol. The van der Waals surface area contributed by atoms with Crippen molar-refractivity contribution in [2.24, 2.45) is 5.73 Å². The smallest absolute Gasteiger partial charge is 0.287 e. The molecule has 0 saturated heterocycles. The zero-order valence-corrected chi connectivity index (χ0v) is 6.88. The van der Waals surface area contributed by atoms with E-state index < -0.39 is 4.92 Å². The lowest BCUT2D eigenvalue weighted by molar-refractivity contribution is -0.385. The molecule has 0 radical (unpaired) electrons. The van der Waals surface area contributed by atoms with Crippen molar-refractivity contribution in [3.8, 4) is 0 Å². The van der Waals surface area contributed by atoms with Gasteiger partial charge in [0.25, 0.3) is 5.69 Å². The molecule has 1 aromatic heterocycles. The van der Waals surface area contributed by atoms with Gasteiger partial charge in [-0.05, 0) is 6.07 Å². The van der Waals surface area contributed by atoms with E-state index in [1.165, 1.54) is 24.4 Å². The molecule has 13 heavy (non-hydrogen) atoms. The van der Waals surface area contributed by atoms with Crippen LogP contribution in [-0.4, -0.2) is 9.91 Å². The number of hydrogen-bond acceptors (Lipinski definition) is 4. The highest BCUT2D eigenvalue weighted by Crippen LogP contribution is 2.12. The van der Waals surface area contributed by atoms with Crippen LogP contribution in [0.25, 0.3) is 0 Å². The van der Waals surface area contributed by atoms with Gasteiger partial charge in [-0.25, -0.2) is 0 Å². The maximum Gasteiger partial charge on any atom is 0.287 e. The van der Waals surface area contributed by atoms with Gasteiger partial charge in [0.1, 0.15) is 6.20 Å². The first-order valence-electron chi connectivity index (χ1n) is 3.63. The van der Waals surface area contributed by atoms with Crippen LogP contribution in [-0.2, 0) is 0 Å². The molecule has 0 aromatic carbocycles. The lowest BCUT2D eigenvalue weighted by atomic mass is 10.2. The van der Waals surface area contributed by atoms with Gasteiger partial charge in [-0.3, -0.25) is 15.1 Å². The Kier molecular flexibility index (Phi) is 2.71. The fourth-order valence-corrected chi connectivity index (χ4v) is 0.823. The molecule has 1 atom stereocenters. The van der Waals surface area contributed by atoms with E-state index in [4.69, 9.17) is 5.73 Å². The molecular weight excluding hydrogens is 170 g/mol. The lowest BCUT2D eigenvalue weighted by Gasteiger charge is -2.03. The third-order valence-electron chi connectivity index (χ3n) is 1.58. The quantitative estimate of drug-likeness (QED) is 0.429. The third-order valence-corrected chi connectivity index (χ3v) is 1.58. The summed E-state index contributed by atoms with van der Waals surface area (Å²) in [7, 11) is 0. The van der Waals surface area contributed by atoms with E-state index in [-0.39, 0.29) is 11.7 Å². The van der Waals surface area contributed by atoms with Gasteiger partial charge in [0.15, 0.2) is 0 Å². The average Bonchev–Trinajstić information content (AvgIpc) is 2.17. The van der Waals surface area contributed by atoms with Crippen molar-refractivity contribution in [3.63, 3.8) is 0 Å². The molecule has 5 nitrogen and oxygen atoms in total. The molecule has 1 aromatic rings. The lowest BCUT2D eigenvalue weighted by Crippen LogP contribution is -2.08. The van der Waals surface area contributed by atoms with E-state index in [2.05, 4.69) is 11.6 Å². The fraction of sp³-hybridized carbons (Fsp3) is 0.125. The van der Waals surface area contributed by atoms with Crippen molar-refractivity contribution >= 4 is 5.69 Å². The highest BCUT2D eigenvalue weighted by atomic mass is 16.6. The molecule has 0 aliphatic rings. The van der Waals surface area contributed by atoms with Gasteiger partial charge < -0.3 is 5.73 Å². The predicted molar refractivity (Wildman–Crippen MR) is 48.0 cm³/mol. The van der Waals surface area contributed by atoms with Crippen LogP contribution >= 0.6 is 0 Å². The Hall–Kier alpha value is -1.75. The van der Waals surface area contributed by atoms with Gasteiger partial charge in [-0.2, -0.15) is 0 Å². The molecule has 0 fully saturated rings. The molecule has 0 aliphatic heterocycles. The largest absolute Gasteiger partial charge is 0.319 e. The molecule has 68 valence electrons. The summed E-state index contributed by atoms with van der Waals surface area (Å²) < 4.78 is 0. The summed E-state index contributed by atoms with van der Waals surface area (Å²) in [6, 6.07) is 2.51. The Morgan fingerprint density at radius 3 is 2.77 bits per heavy atom. The number of hydrogen-bond donors (Lipinski definition) is 1. The molecule has 0 saturated carbocycles. The summed E-state index contributed by atoms with van der Waals surface area (Å²) in [4.78, 5) is 13.6. The second kappa shape index (κ2) is 3.77. The first-order chi connectivity index (χ1) is 6.15. The second-order valence-electron chi connectivity index (χ2n) is 2.46. The molecule has 2 N–H and O–H groups in total. The number of pyridine rings is 1. The number of rotatable bonds is 3. The van der Waals surface area contributed by atoms with Crippen molar-refractivity contribution < 1.29 is 4.92 Å². The highest BCUT2D eigenvalue weighted by molar-refractivity contribution is 5.28. The molecule has 0 unspecified atom stereocenters. The minimum absolute atomic E-state index is 0.0417. The number of nitrogens with zero attached hydrogens (tertiary/aromatic N) is 2. The van der Waals surface area contributed by atoms with Crippen molar-refractivity contribution in [2.75, 3.05) is 0 Å². The first kappa shape index (κ1) is 9.34. The Bertz CT molecular complexity index is 321. The molecule has 0 bridgehead atoms. The Morgan fingerprint density at radius 1 is 1.69 bits per heavy atom. The summed E-state index contributed by atoms with van der Waals surface area (Å²) in [5.74, 6) is 0. The second-order valence-corrected chi connectivity index (χ2v) is 2.46. The number of aromatic nitrogens is 1. The Labute approximate surface area is 75.0 Å². The zero-order chi connectivity index (χ0) is 9.84. The van der Waals surface area contributed by atoms with Gasteiger partial charge in [-0.1, -0.05) is 6.08 Å². The van der Waals surface area contributed by atoms with Crippen molar-refractivity contribution in [1.82, 2.24) is 4.98 Å². The molecule has 1 heterocycles. The number of nitro groups is 1. The van der Waals surface area contributed by atoms with Crippen LogP contribution in [0.2, 0.25) is 0 Å². The SMILES string of the molecule is C=C[C@@H](N)c1ccc([N+](=O)[O-])cn1. The van der Waals surface area contributed by atoms with Crippen LogP contribution in [0.15, 0.2) is 31.0 Å². The van der Waals surface area contributed by atoms with Crippen molar-refractivity contribution in [3.05, 3.63) is 46.8 Å². The molecule has 0 aliphatic carbocycles. The molecule has 0 spiro atoms. The normalized spacial score (nSPS) is 12.1. The van der Waals surface area contributed by atoms with Crippen LogP contribution in [0.3, 0.4) is 0 Å². The van der Waals surface area contributed by atoms with Crippen LogP contribution in [0, 0.1) is 10.1 Å².